The minimum atomic E-state index is -3.58. The summed E-state index contributed by atoms with van der Waals surface area (Å²) in [4.78, 5) is 12.5. The highest BCUT2D eigenvalue weighted by Crippen LogP contribution is 2.25. The molecule has 1 aliphatic rings. The van der Waals surface area contributed by atoms with Crippen LogP contribution in [0.3, 0.4) is 0 Å². The summed E-state index contributed by atoms with van der Waals surface area (Å²) in [5.41, 5.74) is 1.58. The van der Waals surface area contributed by atoms with Gasteiger partial charge in [0, 0.05) is 24.2 Å². The third-order valence-electron chi connectivity index (χ3n) is 4.88. The summed E-state index contributed by atoms with van der Waals surface area (Å²) in [7, 11) is -3.58. The van der Waals surface area contributed by atoms with E-state index in [0.717, 1.165) is 24.8 Å². The molecule has 1 fully saturated rings. The van der Waals surface area contributed by atoms with Crippen LogP contribution in [0.1, 0.15) is 24.8 Å². The topological polar surface area (TPSA) is 72.5 Å². The van der Waals surface area contributed by atoms with Crippen molar-refractivity contribution in [2.75, 3.05) is 13.1 Å². The summed E-state index contributed by atoms with van der Waals surface area (Å²) < 4.78 is 33.9. The second-order valence-electron chi connectivity index (χ2n) is 6.64. The lowest BCUT2D eigenvalue weighted by molar-refractivity contribution is 0.346. The van der Waals surface area contributed by atoms with E-state index in [2.05, 4.69) is 0 Å². The van der Waals surface area contributed by atoms with E-state index in [0.29, 0.717) is 23.6 Å². The van der Waals surface area contributed by atoms with E-state index in [1.54, 1.807) is 12.1 Å². The van der Waals surface area contributed by atoms with Gasteiger partial charge >= 0.3 is 5.76 Å². The second kappa shape index (κ2) is 7.14. The summed E-state index contributed by atoms with van der Waals surface area (Å²) >= 11 is 6.18. The molecule has 2 heterocycles. The van der Waals surface area contributed by atoms with E-state index in [-0.39, 0.29) is 17.0 Å². The number of hydrogen-bond acceptors (Lipinski definition) is 4. The van der Waals surface area contributed by atoms with Gasteiger partial charge in [0.25, 0.3) is 0 Å². The summed E-state index contributed by atoms with van der Waals surface area (Å²) in [6, 6.07) is 11.8. The van der Waals surface area contributed by atoms with Crippen molar-refractivity contribution >= 4 is 32.7 Å². The molecule has 6 nitrogen and oxygen atoms in total. The maximum atomic E-state index is 12.8. The first-order valence-electron chi connectivity index (χ1n) is 8.84. The Morgan fingerprint density at radius 3 is 2.52 bits per heavy atom. The third-order valence-corrected chi connectivity index (χ3v) is 7.14. The molecular formula is C19H19ClN2O4S. The van der Waals surface area contributed by atoms with Gasteiger partial charge < -0.3 is 4.42 Å². The van der Waals surface area contributed by atoms with E-state index in [1.807, 2.05) is 18.2 Å². The van der Waals surface area contributed by atoms with Crippen LogP contribution in [-0.2, 0) is 16.6 Å². The minimum absolute atomic E-state index is 0.149. The van der Waals surface area contributed by atoms with E-state index >= 15 is 0 Å². The second-order valence-corrected chi connectivity index (χ2v) is 8.98. The molecule has 2 aromatic carbocycles. The number of halogens is 1. The molecule has 8 heteroatoms. The van der Waals surface area contributed by atoms with Gasteiger partial charge in [-0.05, 0) is 36.6 Å². The van der Waals surface area contributed by atoms with Gasteiger partial charge in [-0.1, -0.05) is 36.2 Å². The smallest absolute Gasteiger partial charge is 0.408 e. The fourth-order valence-electron chi connectivity index (χ4n) is 3.41. The monoisotopic (exact) mass is 406 g/mol. The van der Waals surface area contributed by atoms with E-state index in [1.165, 1.54) is 21.0 Å². The van der Waals surface area contributed by atoms with Crippen molar-refractivity contribution in [1.29, 1.82) is 0 Å². The molecule has 27 heavy (non-hydrogen) atoms. The number of piperidine rings is 1. The summed E-state index contributed by atoms with van der Waals surface area (Å²) in [5.74, 6) is -0.544. The highest BCUT2D eigenvalue weighted by atomic mass is 35.5. The zero-order valence-electron chi connectivity index (χ0n) is 14.6. The normalized spacial score (nSPS) is 16.0. The average Bonchev–Trinajstić information content (AvgIpc) is 2.99. The Hall–Kier alpha value is -2.09. The summed E-state index contributed by atoms with van der Waals surface area (Å²) in [5, 5.41) is 0.558. The zero-order chi connectivity index (χ0) is 19.0. The van der Waals surface area contributed by atoms with Gasteiger partial charge in [0.2, 0.25) is 10.0 Å². The zero-order valence-corrected chi connectivity index (χ0v) is 16.2. The maximum Gasteiger partial charge on any atom is 0.420 e. The van der Waals surface area contributed by atoms with Crippen LogP contribution in [0.25, 0.3) is 11.1 Å². The van der Waals surface area contributed by atoms with Gasteiger partial charge in [-0.15, -0.1) is 0 Å². The molecule has 0 N–H and O–H groups in total. The minimum Gasteiger partial charge on any atom is -0.408 e. The van der Waals surface area contributed by atoms with Crippen LogP contribution in [0.4, 0.5) is 0 Å². The number of nitrogens with zero attached hydrogens (tertiary/aromatic N) is 2. The lowest BCUT2D eigenvalue weighted by atomic mass is 10.2. The van der Waals surface area contributed by atoms with Crippen LogP contribution in [-0.4, -0.2) is 30.4 Å². The molecule has 0 aliphatic carbocycles. The SMILES string of the molecule is O=c1oc2cc(S(=O)(=O)N3CCCCC3)ccc2n1Cc1ccccc1Cl. The molecule has 142 valence electrons. The summed E-state index contributed by atoms with van der Waals surface area (Å²) in [6.45, 7) is 1.30. The quantitative estimate of drug-likeness (QED) is 0.665. The Morgan fingerprint density at radius 1 is 1.04 bits per heavy atom. The highest BCUT2D eigenvalue weighted by molar-refractivity contribution is 7.89. The molecule has 1 saturated heterocycles. The Balaban J connectivity index is 1.73. The van der Waals surface area contributed by atoms with Gasteiger partial charge in [-0.25, -0.2) is 13.2 Å². The average molecular weight is 407 g/mol. The van der Waals surface area contributed by atoms with Crippen LogP contribution in [0.15, 0.2) is 56.6 Å². The first kappa shape index (κ1) is 18.3. The highest BCUT2D eigenvalue weighted by Gasteiger charge is 2.27. The van der Waals surface area contributed by atoms with Crippen LogP contribution in [0, 0.1) is 0 Å². The van der Waals surface area contributed by atoms with Crippen LogP contribution in [0.5, 0.6) is 0 Å². The van der Waals surface area contributed by atoms with Crippen molar-refractivity contribution in [2.45, 2.75) is 30.7 Å². The van der Waals surface area contributed by atoms with E-state index in [9.17, 15) is 13.2 Å². The van der Waals surface area contributed by atoms with Crippen molar-refractivity contribution in [3.63, 3.8) is 0 Å². The van der Waals surface area contributed by atoms with Crippen molar-refractivity contribution in [3.05, 3.63) is 63.6 Å². The van der Waals surface area contributed by atoms with E-state index in [4.69, 9.17) is 16.0 Å². The molecule has 0 saturated carbocycles. The number of benzene rings is 2. The standard InChI is InChI=1S/C19H19ClN2O4S/c20-16-7-3-2-6-14(16)13-22-17-9-8-15(12-18(17)26-19(22)23)27(24,25)21-10-4-1-5-11-21/h2-3,6-9,12H,1,4-5,10-11,13H2. The summed E-state index contributed by atoms with van der Waals surface area (Å²) in [6.07, 6.45) is 2.78. The first-order chi connectivity index (χ1) is 13.0. The predicted molar refractivity (Wildman–Crippen MR) is 104 cm³/mol. The fourth-order valence-corrected chi connectivity index (χ4v) is 5.14. The largest absolute Gasteiger partial charge is 0.420 e. The van der Waals surface area contributed by atoms with E-state index < -0.39 is 15.8 Å². The number of fused-ring (bicyclic) bond motifs is 1. The van der Waals surface area contributed by atoms with Crippen LogP contribution >= 0.6 is 11.6 Å². The number of aromatic nitrogens is 1. The first-order valence-corrected chi connectivity index (χ1v) is 10.7. The van der Waals surface area contributed by atoms with Gasteiger partial charge in [0.05, 0.1) is 17.0 Å². The molecule has 3 aromatic rings. The van der Waals surface area contributed by atoms with Gasteiger partial charge in [0.15, 0.2) is 5.58 Å². The van der Waals surface area contributed by atoms with Gasteiger partial charge in [0.1, 0.15) is 0 Å². The number of oxazole rings is 1. The number of rotatable bonds is 4. The van der Waals surface area contributed by atoms with Gasteiger partial charge in [-0.2, -0.15) is 4.31 Å². The molecule has 1 aromatic heterocycles. The Morgan fingerprint density at radius 2 is 1.78 bits per heavy atom. The number of sulfonamides is 1. The molecule has 0 unspecified atom stereocenters. The molecule has 0 spiro atoms. The van der Waals surface area contributed by atoms with Crippen molar-refractivity contribution in [2.24, 2.45) is 0 Å². The molecule has 0 amide bonds. The molecule has 1 aliphatic heterocycles. The van der Waals surface area contributed by atoms with Crippen LogP contribution in [0.2, 0.25) is 5.02 Å². The number of hydrogen-bond donors (Lipinski definition) is 0. The Bertz CT molecular complexity index is 1140. The molecular weight excluding hydrogens is 388 g/mol. The molecule has 0 radical (unpaired) electrons. The van der Waals surface area contributed by atoms with Crippen molar-refractivity contribution in [1.82, 2.24) is 8.87 Å². The molecule has 0 bridgehead atoms. The van der Waals surface area contributed by atoms with Crippen molar-refractivity contribution < 1.29 is 12.8 Å². The third kappa shape index (κ3) is 3.42. The van der Waals surface area contributed by atoms with Gasteiger partial charge in [-0.3, -0.25) is 4.57 Å². The van der Waals surface area contributed by atoms with Crippen LogP contribution < -0.4 is 5.76 Å². The molecule has 0 atom stereocenters. The Kier molecular flexibility index (Phi) is 4.84. The predicted octanol–water partition coefficient (Wildman–Crippen LogP) is 3.47. The lowest BCUT2D eigenvalue weighted by Crippen LogP contribution is -2.35. The Labute approximate surface area is 162 Å². The van der Waals surface area contributed by atoms with Crippen molar-refractivity contribution in [3.8, 4) is 0 Å². The maximum absolute atomic E-state index is 12.8. The molecule has 4 rings (SSSR count). The lowest BCUT2D eigenvalue weighted by Gasteiger charge is -2.25. The fraction of sp³-hybridized carbons (Fsp3) is 0.316.